The molecule has 2 aromatic carbocycles. The molecule has 3 nitrogen and oxygen atoms in total. The van der Waals surface area contributed by atoms with Gasteiger partial charge < -0.3 is 4.74 Å². The summed E-state index contributed by atoms with van der Waals surface area (Å²) in [4.78, 5) is 17.2. The van der Waals surface area contributed by atoms with Crippen molar-refractivity contribution in [3.8, 4) is 0 Å². The molecule has 0 aromatic heterocycles. The third kappa shape index (κ3) is 2.73. The summed E-state index contributed by atoms with van der Waals surface area (Å²) in [6.07, 6.45) is 0.598. The fourth-order valence-corrected chi connectivity index (χ4v) is 3.25. The summed E-state index contributed by atoms with van der Waals surface area (Å²) in [6.45, 7) is 3.68. The first-order chi connectivity index (χ1) is 11.1. The molecule has 0 radical (unpaired) electrons. The van der Waals surface area contributed by atoms with E-state index in [9.17, 15) is 4.79 Å². The molecule has 0 unspecified atom stereocenters. The molecule has 1 aliphatic heterocycles. The SMILES string of the molecule is CO[C@@]1(c2ccccc2)N=C(c2ccc(C)cc2)C[C@H]1C(C)=O. The zero-order valence-electron chi connectivity index (χ0n) is 13.7. The Balaban J connectivity index is 2.11. The predicted molar refractivity (Wildman–Crippen MR) is 91.6 cm³/mol. The number of hydrogen-bond donors (Lipinski definition) is 0. The molecule has 118 valence electrons. The number of hydrogen-bond acceptors (Lipinski definition) is 3. The van der Waals surface area contributed by atoms with E-state index in [4.69, 9.17) is 9.73 Å². The highest BCUT2D eigenvalue weighted by molar-refractivity contribution is 6.05. The fourth-order valence-electron chi connectivity index (χ4n) is 3.25. The van der Waals surface area contributed by atoms with E-state index in [1.54, 1.807) is 14.0 Å². The number of ketones is 1. The lowest BCUT2D eigenvalue weighted by Gasteiger charge is -2.30. The summed E-state index contributed by atoms with van der Waals surface area (Å²) < 4.78 is 5.83. The standard InChI is InChI=1S/C20H21NO2/c1-14-9-11-16(12-10-14)19-13-18(15(2)22)20(21-19,23-3)17-7-5-4-6-8-17/h4-12,18H,13H2,1-3H3/t18-,20+/m0/s1. The van der Waals surface area contributed by atoms with Gasteiger partial charge in [-0.1, -0.05) is 60.2 Å². The predicted octanol–water partition coefficient (Wildman–Crippen LogP) is 3.89. The molecule has 0 bridgehead atoms. The topological polar surface area (TPSA) is 38.7 Å². The molecule has 0 saturated carbocycles. The van der Waals surface area contributed by atoms with E-state index in [-0.39, 0.29) is 11.7 Å². The van der Waals surface area contributed by atoms with Gasteiger partial charge >= 0.3 is 0 Å². The van der Waals surface area contributed by atoms with Crippen LogP contribution in [0.25, 0.3) is 0 Å². The monoisotopic (exact) mass is 307 g/mol. The quantitative estimate of drug-likeness (QED) is 0.859. The van der Waals surface area contributed by atoms with Crippen molar-refractivity contribution in [1.29, 1.82) is 0 Å². The molecule has 1 heterocycles. The number of aryl methyl sites for hydroxylation is 1. The Morgan fingerprint density at radius 1 is 1.13 bits per heavy atom. The Labute approximate surface area is 137 Å². The van der Waals surface area contributed by atoms with Crippen LogP contribution in [0.4, 0.5) is 0 Å². The minimum atomic E-state index is -0.923. The summed E-state index contributed by atoms with van der Waals surface area (Å²) >= 11 is 0. The smallest absolute Gasteiger partial charge is 0.194 e. The van der Waals surface area contributed by atoms with Crippen LogP contribution in [-0.2, 0) is 15.3 Å². The Morgan fingerprint density at radius 2 is 1.78 bits per heavy atom. The number of aliphatic imine (C=N–C) groups is 1. The van der Waals surface area contributed by atoms with Crippen LogP contribution in [0.5, 0.6) is 0 Å². The summed E-state index contributed by atoms with van der Waals surface area (Å²) in [5.74, 6) is -0.201. The first-order valence-electron chi connectivity index (χ1n) is 7.83. The minimum absolute atomic E-state index is 0.0987. The second kappa shape index (κ2) is 6.09. The second-order valence-corrected chi connectivity index (χ2v) is 6.06. The van der Waals surface area contributed by atoms with E-state index in [2.05, 4.69) is 31.2 Å². The molecule has 0 fully saturated rings. The molecule has 2 atom stereocenters. The molecule has 0 amide bonds. The van der Waals surface area contributed by atoms with Gasteiger partial charge in [-0.2, -0.15) is 0 Å². The summed E-state index contributed by atoms with van der Waals surface area (Å²) in [5.41, 5.74) is 3.18. The number of carbonyl (C=O) groups excluding carboxylic acids is 1. The van der Waals surface area contributed by atoms with Gasteiger partial charge in [0, 0.05) is 24.8 Å². The van der Waals surface area contributed by atoms with Gasteiger partial charge in [-0.3, -0.25) is 4.79 Å². The van der Waals surface area contributed by atoms with Gasteiger partial charge in [0.25, 0.3) is 0 Å². The zero-order chi connectivity index (χ0) is 16.4. The average molecular weight is 307 g/mol. The Bertz CT molecular complexity index is 734. The van der Waals surface area contributed by atoms with Crippen LogP contribution in [0.15, 0.2) is 59.6 Å². The first kappa shape index (κ1) is 15.6. The Morgan fingerprint density at radius 3 is 2.35 bits per heavy atom. The van der Waals surface area contributed by atoms with Crippen molar-refractivity contribution in [2.24, 2.45) is 10.9 Å². The van der Waals surface area contributed by atoms with Crippen LogP contribution in [-0.4, -0.2) is 18.6 Å². The van der Waals surface area contributed by atoms with E-state index in [1.165, 1.54) is 5.56 Å². The van der Waals surface area contributed by atoms with Crippen molar-refractivity contribution in [2.45, 2.75) is 26.0 Å². The highest BCUT2D eigenvalue weighted by Gasteiger charge is 2.48. The Kier molecular flexibility index (Phi) is 4.14. The number of benzene rings is 2. The van der Waals surface area contributed by atoms with Crippen LogP contribution in [0.3, 0.4) is 0 Å². The van der Waals surface area contributed by atoms with Crippen molar-refractivity contribution in [2.75, 3.05) is 7.11 Å². The highest BCUT2D eigenvalue weighted by Crippen LogP contribution is 2.43. The molecular formula is C20H21NO2. The van der Waals surface area contributed by atoms with E-state index >= 15 is 0 Å². The molecule has 2 aromatic rings. The molecule has 1 aliphatic rings. The molecular weight excluding hydrogens is 286 g/mol. The van der Waals surface area contributed by atoms with E-state index in [1.807, 2.05) is 30.3 Å². The van der Waals surface area contributed by atoms with Crippen molar-refractivity contribution in [3.05, 3.63) is 71.3 Å². The number of nitrogens with zero attached hydrogens (tertiary/aromatic N) is 1. The maximum absolute atomic E-state index is 12.3. The average Bonchev–Trinajstić information content (AvgIpc) is 2.98. The third-order valence-corrected chi connectivity index (χ3v) is 4.54. The van der Waals surface area contributed by atoms with Crippen LogP contribution in [0, 0.1) is 12.8 Å². The molecule has 0 spiro atoms. The third-order valence-electron chi connectivity index (χ3n) is 4.54. The number of ether oxygens (including phenoxy) is 1. The van der Waals surface area contributed by atoms with Crippen LogP contribution in [0.2, 0.25) is 0 Å². The summed E-state index contributed by atoms with van der Waals surface area (Å²) in [5, 5.41) is 0. The maximum atomic E-state index is 12.3. The Hall–Kier alpha value is -2.26. The maximum Gasteiger partial charge on any atom is 0.194 e. The molecule has 0 saturated heterocycles. The van der Waals surface area contributed by atoms with Gasteiger partial charge in [-0.05, 0) is 19.4 Å². The van der Waals surface area contributed by atoms with Gasteiger partial charge in [0.1, 0.15) is 5.78 Å². The molecule has 0 N–H and O–H groups in total. The van der Waals surface area contributed by atoms with E-state index < -0.39 is 5.72 Å². The first-order valence-corrected chi connectivity index (χ1v) is 7.83. The number of Topliss-reactive ketones (excluding diaryl/α,β-unsaturated/α-hetero) is 1. The van der Waals surface area contributed by atoms with E-state index in [0.29, 0.717) is 6.42 Å². The zero-order valence-corrected chi connectivity index (χ0v) is 13.7. The molecule has 0 aliphatic carbocycles. The summed E-state index contributed by atoms with van der Waals surface area (Å²) in [6, 6.07) is 18.0. The molecule has 3 rings (SSSR count). The van der Waals surface area contributed by atoms with Crippen LogP contribution >= 0.6 is 0 Å². The van der Waals surface area contributed by atoms with Crippen LogP contribution < -0.4 is 0 Å². The summed E-state index contributed by atoms with van der Waals surface area (Å²) in [7, 11) is 1.63. The second-order valence-electron chi connectivity index (χ2n) is 6.06. The normalized spacial score (nSPS) is 23.6. The number of rotatable bonds is 4. The van der Waals surface area contributed by atoms with Crippen molar-refractivity contribution < 1.29 is 9.53 Å². The number of carbonyl (C=O) groups is 1. The molecule has 23 heavy (non-hydrogen) atoms. The van der Waals surface area contributed by atoms with Gasteiger partial charge in [-0.15, -0.1) is 0 Å². The molecule has 3 heteroatoms. The van der Waals surface area contributed by atoms with Gasteiger partial charge in [0.15, 0.2) is 5.72 Å². The van der Waals surface area contributed by atoms with Gasteiger partial charge in [-0.25, -0.2) is 4.99 Å². The lowest BCUT2D eigenvalue weighted by molar-refractivity contribution is -0.132. The lowest BCUT2D eigenvalue weighted by atomic mass is 9.85. The lowest BCUT2D eigenvalue weighted by Crippen LogP contribution is -2.36. The van der Waals surface area contributed by atoms with Crippen molar-refractivity contribution in [3.63, 3.8) is 0 Å². The largest absolute Gasteiger partial charge is 0.352 e. The van der Waals surface area contributed by atoms with E-state index in [0.717, 1.165) is 16.8 Å². The van der Waals surface area contributed by atoms with Crippen LogP contribution in [0.1, 0.15) is 30.0 Å². The minimum Gasteiger partial charge on any atom is -0.352 e. The van der Waals surface area contributed by atoms with Gasteiger partial charge in [0.05, 0.1) is 5.92 Å². The van der Waals surface area contributed by atoms with Crippen molar-refractivity contribution in [1.82, 2.24) is 0 Å². The number of methoxy groups -OCH3 is 1. The fraction of sp³-hybridized carbons (Fsp3) is 0.300. The van der Waals surface area contributed by atoms with Crippen molar-refractivity contribution >= 4 is 11.5 Å². The van der Waals surface area contributed by atoms with Gasteiger partial charge in [0.2, 0.25) is 0 Å². The highest BCUT2D eigenvalue weighted by atomic mass is 16.5.